The van der Waals surface area contributed by atoms with Gasteiger partial charge in [-0.1, -0.05) is 30.3 Å². The van der Waals surface area contributed by atoms with Crippen LogP contribution in [0, 0.1) is 12.8 Å². The Morgan fingerprint density at radius 2 is 2.08 bits per heavy atom. The summed E-state index contributed by atoms with van der Waals surface area (Å²) < 4.78 is 0. The van der Waals surface area contributed by atoms with Gasteiger partial charge in [0, 0.05) is 19.2 Å². The van der Waals surface area contributed by atoms with Gasteiger partial charge < -0.3 is 10.2 Å². The number of amides is 2. The minimum Gasteiger partial charge on any atom is -0.350 e. The van der Waals surface area contributed by atoms with Gasteiger partial charge in [-0.15, -0.1) is 0 Å². The van der Waals surface area contributed by atoms with Gasteiger partial charge in [-0.2, -0.15) is 0 Å². The predicted octanol–water partition coefficient (Wildman–Crippen LogP) is 2.01. The van der Waals surface area contributed by atoms with Crippen LogP contribution < -0.4 is 5.32 Å². The molecule has 130 valence electrons. The second-order valence-electron chi connectivity index (χ2n) is 6.35. The van der Waals surface area contributed by atoms with E-state index >= 15 is 0 Å². The molecule has 0 spiro atoms. The molecule has 2 amide bonds. The minimum atomic E-state index is -0.318. The first-order chi connectivity index (χ1) is 12.0. The predicted molar refractivity (Wildman–Crippen MR) is 93.3 cm³/mol. The molecule has 2 atom stereocenters. The molecule has 1 aliphatic heterocycles. The first kappa shape index (κ1) is 17.1. The molecule has 25 heavy (non-hydrogen) atoms. The van der Waals surface area contributed by atoms with Gasteiger partial charge in [0.15, 0.2) is 0 Å². The maximum absolute atomic E-state index is 12.4. The van der Waals surface area contributed by atoms with Crippen molar-refractivity contribution in [3.63, 3.8) is 0 Å². The SMILES string of the molecule is Cc1nccc(CNC(=O)[C@H]2CC(=O)N([C@H](C)c3ccccc3)C2)n1. The molecule has 0 saturated carbocycles. The molecule has 1 fully saturated rings. The molecule has 2 heterocycles. The highest BCUT2D eigenvalue weighted by atomic mass is 16.2. The van der Waals surface area contributed by atoms with E-state index in [0.29, 0.717) is 18.9 Å². The van der Waals surface area contributed by atoms with Crippen molar-refractivity contribution < 1.29 is 9.59 Å². The van der Waals surface area contributed by atoms with Gasteiger partial charge in [-0.25, -0.2) is 9.97 Å². The van der Waals surface area contributed by atoms with Crippen LogP contribution in [0.4, 0.5) is 0 Å². The van der Waals surface area contributed by atoms with Crippen LogP contribution in [0.15, 0.2) is 42.6 Å². The van der Waals surface area contributed by atoms with Crippen LogP contribution in [0.25, 0.3) is 0 Å². The number of carbonyl (C=O) groups excluding carboxylic acids is 2. The number of nitrogens with zero attached hydrogens (tertiary/aromatic N) is 3. The first-order valence-corrected chi connectivity index (χ1v) is 8.45. The molecule has 3 rings (SSSR count). The zero-order chi connectivity index (χ0) is 17.8. The standard InChI is InChI=1S/C19H22N4O2/c1-13(15-6-4-3-5-7-15)23-12-16(10-18(23)24)19(25)21-11-17-8-9-20-14(2)22-17/h3-9,13,16H,10-12H2,1-2H3,(H,21,25)/t13-,16+/m1/s1. The Kier molecular flexibility index (Phi) is 5.07. The maximum atomic E-state index is 12.4. The summed E-state index contributed by atoms with van der Waals surface area (Å²) in [7, 11) is 0. The summed E-state index contributed by atoms with van der Waals surface area (Å²) in [5, 5.41) is 2.88. The molecule has 0 aliphatic carbocycles. The van der Waals surface area contributed by atoms with Crippen LogP contribution in [0.5, 0.6) is 0 Å². The summed E-state index contributed by atoms with van der Waals surface area (Å²) in [5.74, 6) is 0.272. The third kappa shape index (κ3) is 4.02. The number of aromatic nitrogens is 2. The molecule has 1 N–H and O–H groups in total. The number of hydrogen-bond donors (Lipinski definition) is 1. The van der Waals surface area contributed by atoms with E-state index in [4.69, 9.17) is 0 Å². The molecule has 2 aromatic rings. The zero-order valence-corrected chi connectivity index (χ0v) is 14.5. The Hall–Kier alpha value is -2.76. The molecule has 1 saturated heterocycles. The summed E-state index contributed by atoms with van der Waals surface area (Å²) in [6.45, 7) is 4.60. The highest BCUT2D eigenvalue weighted by Gasteiger charge is 2.36. The maximum Gasteiger partial charge on any atom is 0.225 e. The van der Waals surface area contributed by atoms with Gasteiger partial charge in [-0.05, 0) is 25.5 Å². The van der Waals surface area contributed by atoms with E-state index in [-0.39, 0.29) is 30.2 Å². The highest BCUT2D eigenvalue weighted by molar-refractivity contribution is 5.89. The first-order valence-electron chi connectivity index (χ1n) is 8.45. The molecule has 1 aliphatic rings. The van der Waals surface area contributed by atoms with E-state index in [1.807, 2.05) is 44.2 Å². The monoisotopic (exact) mass is 338 g/mol. The van der Waals surface area contributed by atoms with Crippen LogP contribution in [0.1, 0.15) is 36.5 Å². The average molecular weight is 338 g/mol. The van der Waals surface area contributed by atoms with Gasteiger partial charge >= 0.3 is 0 Å². The van der Waals surface area contributed by atoms with Crippen molar-refractivity contribution >= 4 is 11.8 Å². The minimum absolute atomic E-state index is 0.0226. The summed E-state index contributed by atoms with van der Waals surface area (Å²) in [6.07, 6.45) is 1.93. The fourth-order valence-corrected chi connectivity index (χ4v) is 3.12. The number of hydrogen-bond acceptors (Lipinski definition) is 4. The van der Waals surface area contributed by atoms with Crippen molar-refractivity contribution in [1.29, 1.82) is 0 Å². The fourth-order valence-electron chi connectivity index (χ4n) is 3.12. The third-order valence-corrected chi connectivity index (χ3v) is 4.56. The topological polar surface area (TPSA) is 75.2 Å². The zero-order valence-electron chi connectivity index (χ0n) is 14.5. The number of rotatable bonds is 5. The van der Waals surface area contributed by atoms with E-state index < -0.39 is 0 Å². The summed E-state index contributed by atoms with van der Waals surface area (Å²) in [4.78, 5) is 34.9. The lowest BCUT2D eigenvalue weighted by molar-refractivity contribution is -0.130. The van der Waals surface area contributed by atoms with Gasteiger partial charge in [0.25, 0.3) is 0 Å². The average Bonchev–Trinajstić information content (AvgIpc) is 3.02. The van der Waals surface area contributed by atoms with Gasteiger partial charge in [-0.3, -0.25) is 9.59 Å². The largest absolute Gasteiger partial charge is 0.350 e. The van der Waals surface area contributed by atoms with E-state index in [1.165, 1.54) is 0 Å². The van der Waals surface area contributed by atoms with E-state index in [2.05, 4.69) is 15.3 Å². The van der Waals surface area contributed by atoms with Crippen LogP contribution in [0.3, 0.4) is 0 Å². The van der Waals surface area contributed by atoms with Crippen molar-refractivity contribution in [3.8, 4) is 0 Å². The highest BCUT2D eigenvalue weighted by Crippen LogP contribution is 2.28. The number of nitrogens with one attached hydrogen (secondary N) is 1. The van der Waals surface area contributed by atoms with E-state index in [1.54, 1.807) is 17.2 Å². The van der Waals surface area contributed by atoms with Crippen LogP contribution in [0.2, 0.25) is 0 Å². The van der Waals surface area contributed by atoms with Crippen LogP contribution >= 0.6 is 0 Å². The van der Waals surface area contributed by atoms with Crippen molar-refractivity contribution in [2.75, 3.05) is 6.54 Å². The second kappa shape index (κ2) is 7.42. The Labute approximate surface area is 147 Å². The third-order valence-electron chi connectivity index (χ3n) is 4.56. The van der Waals surface area contributed by atoms with Gasteiger partial charge in [0.1, 0.15) is 5.82 Å². The lowest BCUT2D eigenvalue weighted by Crippen LogP contribution is -2.33. The quantitative estimate of drug-likeness (QED) is 0.905. The summed E-state index contributed by atoms with van der Waals surface area (Å²) in [5.41, 5.74) is 1.84. The molecule has 6 nitrogen and oxygen atoms in total. The lowest BCUT2D eigenvalue weighted by atomic mass is 10.1. The van der Waals surface area contributed by atoms with Crippen LogP contribution in [-0.2, 0) is 16.1 Å². The molecule has 0 radical (unpaired) electrons. The Morgan fingerprint density at radius 3 is 2.80 bits per heavy atom. The summed E-state index contributed by atoms with van der Waals surface area (Å²) in [6, 6.07) is 11.6. The number of aryl methyl sites for hydroxylation is 1. The smallest absolute Gasteiger partial charge is 0.225 e. The molecule has 0 unspecified atom stereocenters. The molecule has 1 aromatic heterocycles. The lowest BCUT2D eigenvalue weighted by Gasteiger charge is -2.25. The Bertz CT molecular complexity index is 763. The van der Waals surface area contributed by atoms with Crippen molar-refractivity contribution in [1.82, 2.24) is 20.2 Å². The van der Waals surface area contributed by atoms with Crippen LogP contribution in [-0.4, -0.2) is 33.2 Å². The molecule has 0 bridgehead atoms. The van der Waals surface area contributed by atoms with Crippen molar-refractivity contribution in [2.45, 2.75) is 32.9 Å². The van der Waals surface area contributed by atoms with E-state index in [9.17, 15) is 9.59 Å². The second-order valence-corrected chi connectivity index (χ2v) is 6.35. The van der Waals surface area contributed by atoms with Crippen molar-refractivity contribution in [2.24, 2.45) is 5.92 Å². The number of likely N-dealkylation sites (tertiary alicyclic amines) is 1. The van der Waals surface area contributed by atoms with Crippen molar-refractivity contribution in [3.05, 3.63) is 59.7 Å². The van der Waals surface area contributed by atoms with E-state index in [0.717, 1.165) is 11.3 Å². The number of carbonyl (C=O) groups is 2. The molecule has 6 heteroatoms. The Morgan fingerprint density at radius 1 is 1.32 bits per heavy atom. The normalized spacial score (nSPS) is 18.2. The Balaban J connectivity index is 1.59. The van der Waals surface area contributed by atoms with Gasteiger partial charge in [0.2, 0.25) is 11.8 Å². The summed E-state index contributed by atoms with van der Waals surface area (Å²) >= 11 is 0. The van der Waals surface area contributed by atoms with Gasteiger partial charge in [0.05, 0.1) is 24.2 Å². The molecular weight excluding hydrogens is 316 g/mol. The molecule has 1 aromatic carbocycles. The number of benzene rings is 1. The fraction of sp³-hybridized carbons (Fsp3) is 0.368. The molecular formula is C19H22N4O2.